The molecule has 3 N–H and O–H groups in total. The van der Waals surface area contributed by atoms with Gasteiger partial charge in [0.25, 0.3) is 0 Å². The fourth-order valence-electron chi connectivity index (χ4n) is 1.91. The van der Waals surface area contributed by atoms with Gasteiger partial charge in [-0.1, -0.05) is 20.8 Å². The first-order valence-electron chi connectivity index (χ1n) is 7.39. The van der Waals surface area contributed by atoms with Gasteiger partial charge in [-0.25, -0.2) is 4.39 Å². The molecule has 6 heteroatoms. The van der Waals surface area contributed by atoms with Crippen LogP contribution in [-0.2, 0) is 4.79 Å². The molecule has 2 aromatic carbocycles. The standard InChI is InChI=1S/C18H19BrFN3O/c1-18(2,3)17(24)23-15-9-14(19)16(8-11(15)10-21)22-13-6-4-12(20)5-7-13/h4-10,21-22H,1-3H3,(H,23,24). The molecule has 0 aliphatic carbocycles. The molecule has 0 spiro atoms. The molecule has 0 aliphatic rings. The van der Waals surface area contributed by atoms with Crippen molar-refractivity contribution in [2.24, 2.45) is 5.41 Å². The van der Waals surface area contributed by atoms with E-state index in [1.54, 1.807) is 24.3 Å². The normalized spacial score (nSPS) is 11.0. The number of carbonyl (C=O) groups is 1. The van der Waals surface area contributed by atoms with Gasteiger partial charge in [-0.3, -0.25) is 4.79 Å². The van der Waals surface area contributed by atoms with E-state index in [1.165, 1.54) is 18.3 Å². The minimum atomic E-state index is -0.531. The second-order valence-electron chi connectivity index (χ2n) is 6.40. The van der Waals surface area contributed by atoms with E-state index in [1.807, 2.05) is 20.8 Å². The molecule has 0 radical (unpaired) electrons. The molecule has 0 unspecified atom stereocenters. The summed E-state index contributed by atoms with van der Waals surface area (Å²) in [5, 5.41) is 13.6. The van der Waals surface area contributed by atoms with Gasteiger partial charge in [-0.15, -0.1) is 0 Å². The van der Waals surface area contributed by atoms with Crippen molar-refractivity contribution in [2.75, 3.05) is 10.6 Å². The second kappa shape index (κ2) is 7.13. The third-order valence-electron chi connectivity index (χ3n) is 3.35. The van der Waals surface area contributed by atoms with Crippen LogP contribution in [0, 0.1) is 16.6 Å². The Kier molecular flexibility index (Phi) is 5.39. The van der Waals surface area contributed by atoms with Crippen LogP contribution in [-0.4, -0.2) is 12.1 Å². The molecule has 0 saturated heterocycles. The van der Waals surface area contributed by atoms with Crippen LogP contribution in [0.5, 0.6) is 0 Å². The molecule has 4 nitrogen and oxygen atoms in total. The molecular weight excluding hydrogens is 373 g/mol. The number of rotatable bonds is 4. The number of anilines is 3. The molecule has 2 aromatic rings. The van der Waals surface area contributed by atoms with Crippen molar-refractivity contribution in [1.82, 2.24) is 0 Å². The number of hydrogen-bond donors (Lipinski definition) is 3. The number of carbonyl (C=O) groups excluding carboxylic acids is 1. The van der Waals surface area contributed by atoms with Crippen molar-refractivity contribution in [2.45, 2.75) is 20.8 Å². The van der Waals surface area contributed by atoms with Gasteiger partial charge < -0.3 is 16.0 Å². The quantitative estimate of drug-likeness (QED) is 0.617. The van der Waals surface area contributed by atoms with Crippen LogP contribution in [0.15, 0.2) is 40.9 Å². The number of halogens is 2. The summed E-state index contributed by atoms with van der Waals surface area (Å²) in [6.45, 7) is 5.48. The van der Waals surface area contributed by atoms with Crippen LogP contribution < -0.4 is 10.6 Å². The Balaban J connectivity index is 2.31. The van der Waals surface area contributed by atoms with Crippen molar-refractivity contribution in [3.8, 4) is 0 Å². The first-order valence-corrected chi connectivity index (χ1v) is 8.18. The first kappa shape index (κ1) is 18.1. The summed E-state index contributed by atoms with van der Waals surface area (Å²) in [7, 11) is 0. The average Bonchev–Trinajstić information content (AvgIpc) is 2.51. The molecule has 1 amide bonds. The van der Waals surface area contributed by atoms with E-state index < -0.39 is 5.41 Å². The lowest BCUT2D eigenvalue weighted by Gasteiger charge is -2.20. The molecule has 2 rings (SSSR count). The molecule has 24 heavy (non-hydrogen) atoms. The Bertz CT molecular complexity index is 767. The molecule has 0 aliphatic heterocycles. The van der Waals surface area contributed by atoms with Crippen LogP contribution in [0.1, 0.15) is 26.3 Å². The van der Waals surface area contributed by atoms with Crippen molar-refractivity contribution in [1.29, 1.82) is 5.41 Å². The summed E-state index contributed by atoms with van der Waals surface area (Å²) >= 11 is 3.46. The smallest absolute Gasteiger partial charge is 0.229 e. The highest BCUT2D eigenvalue weighted by molar-refractivity contribution is 9.10. The summed E-state index contributed by atoms with van der Waals surface area (Å²) in [5.41, 5.74) is 2.03. The van der Waals surface area contributed by atoms with E-state index in [9.17, 15) is 9.18 Å². The lowest BCUT2D eigenvalue weighted by Crippen LogP contribution is -2.28. The van der Waals surface area contributed by atoms with Gasteiger partial charge >= 0.3 is 0 Å². The zero-order valence-corrected chi connectivity index (χ0v) is 15.3. The molecule has 126 valence electrons. The van der Waals surface area contributed by atoms with Gasteiger partial charge in [0.15, 0.2) is 0 Å². The maximum absolute atomic E-state index is 13.0. The molecule has 0 heterocycles. The van der Waals surface area contributed by atoms with Crippen LogP contribution in [0.25, 0.3) is 0 Å². The summed E-state index contributed by atoms with van der Waals surface area (Å²) < 4.78 is 13.7. The van der Waals surface area contributed by atoms with Crippen molar-refractivity contribution in [3.05, 3.63) is 52.3 Å². The Hall–Kier alpha value is -2.21. The second-order valence-corrected chi connectivity index (χ2v) is 7.25. The largest absolute Gasteiger partial charge is 0.355 e. The number of hydrogen-bond acceptors (Lipinski definition) is 3. The van der Waals surface area contributed by atoms with Gasteiger partial charge in [0.1, 0.15) is 5.82 Å². The predicted octanol–water partition coefficient (Wildman–Crippen LogP) is 5.31. The van der Waals surface area contributed by atoms with Crippen LogP contribution in [0.2, 0.25) is 0 Å². The molecule has 0 bridgehead atoms. The zero-order valence-electron chi connectivity index (χ0n) is 13.7. The Morgan fingerprint density at radius 1 is 1.17 bits per heavy atom. The van der Waals surface area contributed by atoms with Crippen LogP contribution in [0.3, 0.4) is 0 Å². The Labute approximate surface area is 149 Å². The summed E-state index contributed by atoms with van der Waals surface area (Å²) in [6.07, 6.45) is 1.18. The lowest BCUT2D eigenvalue weighted by atomic mass is 9.95. The predicted molar refractivity (Wildman–Crippen MR) is 99.8 cm³/mol. The summed E-state index contributed by atoms with van der Waals surface area (Å²) in [4.78, 5) is 12.2. The van der Waals surface area contributed by atoms with Crippen LogP contribution in [0.4, 0.5) is 21.5 Å². The third-order valence-corrected chi connectivity index (χ3v) is 4.00. The minimum absolute atomic E-state index is 0.128. The van der Waals surface area contributed by atoms with Crippen LogP contribution >= 0.6 is 15.9 Å². The monoisotopic (exact) mass is 391 g/mol. The highest BCUT2D eigenvalue weighted by atomic mass is 79.9. The maximum atomic E-state index is 13.0. The molecule has 0 aromatic heterocycles. The van der Waals surface area contributed by atoms with Gasteiger partial charge in [-0.2, -0.15) is 0 Å². The average molecular weight is 392 g/mol. The SMILES string of the molecule is CC(C)(C)C(=O)Nc1cc(Br)c(Nc2ccc(F)cc2)cc1C=N. The first-order chi connectivity index (χ1) is 11.2. The van der Waals surface area contributed by atoms with E-state index in [0.29, 0.717) is 16.9 Å². The van der Waals surface area contributed by atoms with Gasteiger partial charge in [0.05, 0.1) is 11.4 Å². The number of benzene rings is 2. The third kappa shape index (κ3) is 4.41. The van der Waals surface area contributed by atoms with Gasteiger partial charge in [0.2, 0.25) is 5.91 Å². The number of amides is 1. The maximum Gasteiger partial charge on any atom is 0.229 e. The summed E-state index contributed by atoms with van der Waals surface area (Å²) in [5.74, 6) is -0.434. The van der Waals surface area contributed by atoms with Gasteiger partial charge in [-0.05, 0) is 52.3 Å². The summed E-state index contributed by atoms with van der Waals surface area (Å²) in [6, 6.07) is 9.48. The lowest BCUT2D eigenvalue weighted by molar-refractivity contribution is -0.123. The van der Waals surface area contributed by atoms with Crippen molar-refractivity contribution < 1.29 is 9.18 Å². The minimum Gasteiger partial charge on any atom is -0.355 e. The fraction of sp³-hybridized carbons (Fsp3) is 0.222. The van der Waals surface area contributed by atoms with Gasteiger partial charge in [0, 0.05) is 27.4 Å². The van der Waals surface area contributed by atoms with Crippen molar-refractivity contribution >= 4 is 45.1 Å². The highest BCUT2D eigenvalue weighted by Crippen LogP contribution is 2.32. The molecule has 0 saturated carbocycles. The fourth-order valence-corrected chi connectivity index (χ4v) is 2.35. The highest BCUT2D eigenvalue weighted by Gasteiger charge is 2.22. The zero-order chi connectivity index (χ0) is 17.9. The number of nitrogens with one attached hydrogen (secondary N) is 3. The van der Waals surface area contributed by atoms with E-state index in [2.05, 4.69) is 26.6 Å². The topological polar surface area (TPSA) is 65.0 Å². The molecule has 0 fully saturated rings. The van der Waals surface area contributed by atoms with E-state index in [0.717, 1.165) is 10.2 Å². The van der Waals surface area contributed by atoms with E-state index >= 15 is 0 Å². The Morgan fingerprint density at radius 2 is 1.79 bits per heavy atom. The van der Waals surface area contributed by atoms with Crippen molar-refractivity contribution in [3.63, 3.8) is 0 Å². The van der Waals surface area contributed by atoms with E-state index in [4.69, 9.17) is 5.41 Å². The molecule has 0 atom stereocenters. The molecular formula is C18H19BrFN3O. The van der Waals surface area contributed by atoms with E-state index in [-0.39, 0.29) is 11.7 Å². The Morgan fingerprint density at radius 3 is 2.33 bits per heavy atom.